The van der Waals surface area contributed by atoms with Gasteiger partial charge in [-0.2, -0.15) is 0 Å². The number of aliphatic hydroxyl groups is 4. The standard InChI is InChI=1S/C53H65NO19/c1-28-34(69-47(63)42(40(30-17-11-9-12-18-30)54-48(64)73-49(3,4)5)70-38(59)26-67-33-22-16-15-21-32(33)66-25-37(57)58)24-53(65)45(71-46(62)31-19-13-10-14-20-31)43-51(8,44(61)41(60)39(28)50(53,6)7)35(56)23-36-52(43,27-68-36)72-29(2)55/h9-22,28,34-36,39-45,56,60-61,65H,23-27H2,1-8H3,(H,54,64)(H,57,58)/t28-,34+,35+,36-,39?,40+,41-,42-,43+,44-,45+,51-,52+,53-/m1/s1. The number of carbonyl (C=O) groups excluding carboxylic acids is 5. The van der Waals surface area contributed by atoms with Crippen LogP contribution in [0.2, 0.25) is 0 Å². The molecule has 0 aromatic heterocycles. The number of fused-ring (bicyclic) bond motifs is 5. The Balaban J connectivity index is 1.32. The first kappa shape index (κ1) is 54.5. The number of esters is 4. The molecule has 1 aliphatic heterocycles. The van der Waals surface area contributed by atoms with Crippen molar-refractivity contribution >= 4 is 35.9 Å². The average molecular weight is 1020 g/mol. The lowest BCUT2D eigenvalue weighted by Gasteiger charge is -2.70. The fourth-order valence-corrected chi connectivity index (χ4v) is 11.6. The Bertz CT molecular complexity index is 2520. The van der Waals surface area contributed by atoms with Crippen LogP contribution in [0, 0.1) is 28.6 Å². The second-order valence-corrected chi connectivity index (χ2v) is 21.1. The number of alkyl carbamates (subject to hydrolysis) is 1. The van der Waals surface area contributed by atoms with E-state index in [2.05, 4.69) is 5.32 Å². The Kier molecular flexibility index (Phi) is 15.6. The normalized spacial score (nSPS) is 31.9. The van der Waals surface area contributed by atoms with E-state index < -0.39 is 150 Å². The second kappa shape index (κ2) is 20.9. The summed E-state index contributed by atoms with van der Waals surface area (Å²) in [6, 6.07) is 20.2. The molecule has 3 saturated carbocycles. The number of aliphatic hydroxyl groups excluding tert-OH is 3. The van der Waals surface area contributed by atoms with Crippen molar-refractivity contribution in [3.8, 4) is 11.5 Å². The summed E-state index contributed by atoms with van der Waals surface area (Å²) in [5, 5.41) is 63.0. The van der Waals surface area contributed by atoms with Crippen LogP contribution in [0.25, 0.3) is 0 Å². The van der Waals surface area contributed by atoms with Crippen LogP contribution in [0.1, 0.15) is 90.2 Å². The largest absolute Gasteiger partial charge is 0.479 e. The van der Waals surface area contributed by atoms with Gasteiger partial charge in [0.2, 0.25) is 6.10 Å². The number of para-hydroxylation sites is 2. The monoisotopic (exact) mass is 1020 g/mol. The van der Waals surface area contributed by atoms with E-state index in [4.69, 9.17) is 37.9 Å². The smallest absolute Gasteiger partial charge is 0.408 e. The Morgan fingerprint density at radius 3 is 1.99 bits per heavy atom. The van der Waals surface area contributed by atoms with Gasteiger partial charge in [-0.15, -0.1) is 0 Å². The van der Waals surface area contributed by atoms with Crippen molar-refractivity contribution in [1.29, 1.82) is 0 Å². The molecule has 2 bridgehead atoms. The molecule has 73 heavy (non-hydrogen) atoms. The van der Waals surface area contributed by atoms with Crippen LogP contribution in [0.15, 0.2) is 84.9 Å². The number of aliphatic carboxylic acids is 1. The van der Waals surface area contributed by atoms with Gasteiger partial charge in [-0.1, -0.05) is 88.4 Å². The topological polar surface area (TPSA) is 289 Å². The highest BCUT2D eigenvalue weighted by Crippen LogP contribution is 2.66. The van der Waals surface area contributed by atoms with E-state index in [1.807, 2.05) is 0 Å². The van der Waals surface area contributed by atoms with Gasteiger partial charge in [0.25, 0.3) is 0 Å². The Morgan fingerprint density at radius 2 is 1.42 bits per heavy atom. The van der Waals surface area contributed by atoms with Crippen LogP contribution >= 0.6 is 0 Å². The summed E-state index contributed by atoms with van der Waals surface area (Å²) in [6.07, 6.45) is -13.3. The Morgan fingerprint density at radius 1 is 0.836 bits per heavy atom. The molecule has 20 nitrogen and oxygen atoms in total. The number of benzene rings is 3. The number of ether oxygens (including phenoxy) is 8. The minimum absolute atomic E-state index is 0.0194. The molecule has 1 saturated heterocycles. The highest BCUT2D eigenvalue weighted by atomic mass is 16.6. The molecule has 3 aromatic carbocycles. The molecule has 0 radical (unpaired) electrons. The maximum Gasteiger partial charge on any atom is 0.408 e. The summed E-state index contributed by atoms with van der Waals surface area (Å²) in [7, 11) is 0. The van der Waals surface area contributed by atoms with Gasteiger partial charge in [0.05, 0.1) is 36.4 Å². The zero-order valence-corrected chi connectivity index (χ0v) is 41.9. The summed E-state index contributed by atoms with van der Waals surface area (Å²) >= 11 is 0. The average Bonchev–Trinajstić information content (AvgIpc) is 3.32. The predicted octanol–water partition coefficient (Wildman–Crippen LogP) is 4.08. The van der Waals surface area contributed by atoms with E-state index >= 15 is 4.79 Å². The van der Waals surface area contributed by atoms with Gasteiger partial charge in [0.15, 0.2) is 30.3 Å². The first-order valence-corrected chi connectivity index (χ1v) is 24.1. The van der Waals surface area contributed by atoms with Crippen molar-refractivity contribution in [3.05, 3.63) is 96.1 Å². The summed E-state index contributed by atoms with van der Waals surface area (Å²) in [5.74, 6) is -9.19. The van der Waals surface area contributed by atoms with Crippen molar-refractivity contribution in [2.24, 2.45) is 28.6 Å². The lowest BCUT2D eigenvalue weighted by Crippen LogP contribution is -2.83. The summed E-state index contributed by atoms with van der Waals surface area (Å²) in [6.45, 7) is 10.4. The molecule has 1 heterocycles. The molecule has 14 atom stereocenters. The quantitative estimate of drug-likeness (QED) is 0.0923. The molecule has 1 unspecified atom stereocenters. The summed E-state index contributed by atoms with van der Waals surface area (Å²) in [5.41, 5.74) is -8.30. The molecular formula is C53H65NO19. The number of hydrogen-bond acceptors (Lipinski definition) is 18. The van der Waals surface area contributed by atoms with Gasteiger partial charge >= 0.3 is 35.9 Å². The molecule has 4 aliphatic rings. The van der Waals surface area contributed by atoms with Crippen molar-refractivity contribution in [1.82, 2.24) is 5.32 Å². The van der Waals surface area contributed by atoms with Crippen molar-refractivity contribution in [3.63, 3.8) is 0 Å². The summed E-state index contributed by atoms with van der Waals surface area (Å²) in [4.78, 5) is 81.5. The molecule has 7 rings (SSSR count). The highest BCUT2D eigenvalue weighted by Gasteiger charge is 2.79. The molecule has 6 N–H and O–H groups in total. The molecule has 3 aliphatic carbocycles. The van der Waals surface area contributed by atoms with E-state index in [0.717, 1.165) is 6.92 Å². The zero-order valence-electron chi connectivity index (χ0n) is 41.9. The van der Waals surface area contributed by atoms with Crippen LogP contribution in [0.5, 0.6) is 11.5 Å². The predicted molar refractivity (Wildman–Crippen MR) is 253 cm³/mol. The van der Waals surface area contributed by atoms with E-state index in [0.29, 0.717) is 0 Å². The summed E-state index contributed by atoms with van der Waals surface area (Å²) < 4.78 is 47.3. The number of carboxylic acids is 1. The lowest BCUT2D eigenvalue weighted by atomic mass is 9.42. The first-order chi connectivity index (χ1) is 34.2. The van der Waals surface area contributed by atoms with E-state index in [9.17, 15) is 49.5 Å². The number of rotatable bonds is 15. The van der Waals surface area contributed by atoms with Crippen LogP contribution in [0.4, 0.5) is 4.79 Å². The lowest BCUT2D eigenvalue weighted by molar-refractivity contribution is -0.379. The fourth-order valence-electron chi connectivity index (χ4n) is 11.6. The minimum Gasteiger partial charge on any atom is -0.479 e. The third-order valence-corrected chi connectivity index (χ3v) is 15.1. The van der Waals surface area contributed by atoms with Crippen LogP contribution in [-0.4, -0.2) is 141 Å². The van der Waals surface area contributed by atoms with E-state index in [1.165, 1.54) is 31.2 Å². The number of carbonyl (C=O) groups is 6. The molecule has 396 valence electrons. The van der Waals surface area contributed by atoms with E-state index in [1.54, 1.807) is 102 Å². The van der Waals surface area contributed by atoms with Gasteiger partial charge in [0.1, 0.15) is 35.6 Å². The molecule has 3 aromatic rings. The third-order valence-electron chi connectivity index (χ3n) is 15.1. The maximum absolute atomic E-state index is 15.2. The van der Waals surface area contributed by atoms with Crippen molar-refractivity contribution in [2.75, 3.05) is 19.8 Å². The Labute approximate surface area is 422 Å². The van der Waals surface area contributed by atoms with Gasteiger partial charge in [-0.25, -0.2) is 24.0 Å². The fraction of sp³-hybridized carbons (Fsp3) is 0.547. The number of hydrogen-bond donors (Lipinski definition) is 6. The maximum atomic E-state index is 15.2. The number of nitrogens with one attached hydrogen (secondary N) is 1. The molecule has 0 spiro atoms. The van der Waals surface area contributed by atoms with Crippen molar-refractivity contribution in [2.45, 2.75) is 134 Å². The van der Waals surface area contributed by atoms with Gasteiger partial charge < -0.3 is 68.7 Å². The van der Waals surface area contributed by atoms with Crippen molar-refractivity contribution < 1.29 is 92.2 Å². The molecule has 1 amide bonds. The van der Waals surface area contributed by atoms with Gasteiger partial charge in [-0.3, -0.25) is 4.79 Å². The molecule has 20 heteroatoms. The minimum atomic E-state index is -2.39. The molecular weight excluding hydrogens is 955 g/mol. The van der Waals surface area contributed by atoms with Crippen LogP contribution < -0.4 is 14.8 Å². The SMILES string of the molecule is CC(=O)O[C@@]12CO[C@@H]1C[C@H](O)[C@@]1(C)[C@H](O)[C@H](O)C3[C@H](C)[C@@H](OC(=O)[C@H](OC(=O)COc4ccccc4OCC(=O)O)[C@@H](NC(=O)OC(C)(C)C)c4ccccc4)C[C@@](O)([C@@H](OC(=O)c4ccccc4)[C@H]21)C3(C)C. The Hall–Kier alpha value is -6.32. The molecule has 4 fully saturated rings. The van der Waals surface area contributed by atoms with Crippen LogP contribution in [-0.2, 0) is 47.6 Å². The van der Waals surface area contributed by atoms with Crippen LogP contribution in [0.3, 0.4) is 0 Å². The van der Waals surface area contributed by atoms with Gasteiger partial charge in [-0.05, 0) is 56.5 Å². The number of carboxylic acid groups (broad SMARTS) is 1. The third kappa shape index (κ3) is 10.6. The van der Waals surface area contributed by atoms with Gasteiger partial charge in [0, 0.05) is 36.5 Å². The first-order valence-electron chi connectivity index (χ1n) is 24.1. The number of amides is 1. The van der Waals surface area contributed by atoms with E-state index in [-0.39, 0.29) is 35.7 Å². The highest BCUT2D eigenvalue weighted by molar-refractivity contribution is 5.89. The zero-order chi connectivity index (χ0) is 53.4. The second-order valence-electron chi connectivity index (χ2n) is 21.1.